The molecule has 0 heterocycles. The summed E-state index contributed by atoms with van der Waals surface area (Å²) in [4.78, 5) is 23.3. The normalized spacial score (nSPS) is 10.2. The molecule has 0 saturated heterocycles. The summed E-state index contributed by atoms with van der Waals surface area (Å²) in [5, 5.41) is 9.02. The highest BCUT2D eigenvalue weighted by Crippen LogP contribution is 2.24. The smallest absolute Gasteiger partial charge is 0.336 e. The minimum Gasteiger partial charge on any atom is -0.497 e. The molecule has 0 atom stereocenters. The highest BCUT2D eigenvalue weighted by Gasteiger charge is 2.24. The predicted octanol–water partition coefficient (Wildman–Crippen LogP) is 2.90. The van der Waals surface area contributed by atoms with Gasteiger partial charge in [0.05, 0.1) is 18.2 Å². The average Bonchev–Trinajstić information content (AvgIpc) is 2.46. The van der Waals surface area contributed by atoms with E-state index in [0.29, 0.717) is 0 Å². The van der Waals surface area contributed by atoms with Gasteiger partial charge in [-0.25, -0.2) is 13.6 Å². The summed E-state index contributed by atoms with van der Waals surface area (Å²) in [6, 6.07) is 6.95. The third-order valence-corrected chi connectivity index (χ3v) is 2.88. The molecule has 2 aromatic carbocycles. The van der Waals surface area contributed by atoms with E-state index in [-0.39, 0.29) is 16.9 Å². The number of ether oxygens (including phenoxy) is 1. The Morgan fingerprint density at radius 1 is 1.05 bits per heavy atom. The van der Waals surface area contributed by atoms with Gasteiger partial charge in [0.25, 0.3) is 0 Å². The first kappa shape index (κ1) is 14.6. The molecule has 2 aromatic rings. The van der Waals surface area contributed by atoms with Crippen LogP contribution in [0.15, 0.2) is 36.4 Å². The molecule has 6 heteroatoms. The van der Waals surface area contributed by atoms with Gasteiger partial charge in [-0.2, -0.15) is 0 Å². The monoisotopic (exact) mass is 292 g/mol. The number of halogens is 2. The van der Waals surface area contributed by atoms with Crippen molar-refractivity contribution in [3.8, 4) is 5.75 Å². The zero-order valence-electron chi connectivity index (χ0n) is 10.9. The number of benzene rings is 2. The van der Waals surface area contributed by atoms with Gasteiger partial charge in [-0.1, -0.05) is 18.2 Å². The molecule has 0 unspecified atom stereocenters. The van der Waals surface area contributed by atoms with Crippen LogP contribution in [0.3, 0.4) is 0 Å². The Balaban J connectivity index is 2.59. The summed E-state index contributed by atoms with van der Waals surface area (Å²) in [5.41, 5.74) is -1.42. The number of rotatable bonds is 4. The molecule has 0 spiro atoms. The number of carbonyl (C=O) groups is 2. The second kappa shape index (κ2) is 5.70. The molecule has 0 amide bonds. The van der Waals surface area contributed by atoms with Gasteiger partial charge < -0.3 is 9.84 Å². The van der Waals surface area contributed by atoms with E-state index in [4.69, 9.17) is 9.84 Å². The van der Waals surface area contributed by atoms with Crippen molar-refractivity contribution in [1.29, 1.82) is 0 Å². The lowest BCUT2D eigenvalue weighted by Gasteiger charge is -2.08. The average molecular weight is 292 g/mol. The topological polar surface area (TPSA) is 63.6 Å². The van der Waals surface area contributed by atoms with Crippen LogP contribution in [0.4, 0.5) is 8.78 Å². The molecule has 0 aliphatic rings. The van der Waals surface area contributed by atoms with Crippen molar-refractivity contribution < 1.29 is 28.2 Å². The van der Waals surface area contributed by atoms with Gasteiger partial charge in [0.1, 0.15) is 17.4 Å². The number of methoxy groups -OCH3 is 1. The van der Waals surface area contributed by atoms with Crippen molar-refractivity contribution in [3.05, 3.63) is 64.7 Å². The summed E-state index contributed by atoms with van der Waals surface area (Å²) >= 11 is 0. The van der Waals surface area contributed by atoms with E-state index < -0.39 is 29.0 Å². The first-order valence-corrected chi connectivity index (χ1v) is 5.85. The van der Waals surface area contributed by atoms with Gasteiger partial charge in [0, 0.05) is 17.7 Å². The lowest BCUT2D eigenvalue weighted by Crippen LogP contribution is -2.13. The Hall–Kier alpha value is -2.76. The maximum Gasteiger partial charge on any atom is 0.336 e. The molecule has 21 heavy (non-hydrogen) atoms. The molecule has 0 saturated carbocycles. The Kier molecular flexibility index (Phi) is 3.98. The van der Waals surface area contributed by atoms with Crippen LogP contribution in [0, 0.1) is 11.6 Å². The van der Waals surface area contributed by atoms with E-state index in [9.17, 15) is 18.4 Å². The van der Waals surface area contributed by atoms with Gasteiger partial charge in [-0.3, -0.25) is 4.79 Å². The maximum absolute atomic E-state index is 13.9. The molecule has 2 rings (SSSR count). The molecule has 108 valence electrons. The highest BCUT2D eigenvalue weighted by atomic mass is 19.1. The van der Waals surface area contributed by atoms with E-state index in [0.717, 1.165) is 12.1 Å². The van der Waals surface area contributed by atoms with Gasteiger partial charge in [0.2, 0.25) is 0 Å². The van der Waals surface area contributed by atoms with Gasteiger partial charge in [-0.15, -0.1) is 0 Å². The van der Waals surface area contributed by atoms with Gasteiger partial charge >= 0.3 is 5.97 Å². The molecule has 0 bridgehead atoms. The van der Waals surface area contributed by atoms with E-state index in [2.05, 4.69) is 0 Å². The molecule has 4 nitrogen and oxygen atoms in total. The summed E-state index contributed by atoms with van der Waals surface area (Å²) in [6.45, 7) is 0. The molecular formula is C15H10F2O4. The first-order chi connectivity index (χ1) is 9.95. The molecule has 0 aliphatic carbocycles. The minimum atomic E-state index is -1.35. The van der Waals surface area contributed by atoms with Crippen LogP contribution in [-0.4, -0.2) is 24.0 Å². The highest BCUT2D eigenvalue weighted by molar-refractivity contribution is 6.14. The fourth-order valence-electron chi connectivity index (χ4n) is 1.89. The third kappa shape index (κ3) is 2.74. The molecule has 0 aromatic heterocycles. The second-order valence-electron chi connectivity index (χ2n) is 4.15. The molecule has 1 N–H and O–H groups in total. The largest absolute Gasteiger partial charge is 0.497 e. The van der Waals surface area contributed by atoms with E-state index in [1.54, 1.807) is 0 Å². The zero-order chi connectivity index (χ0) is 15.6. The molecular weight excluding hydrogens is 282 g/mol. The Morgan fingerprint density at radius 3 is 2.05 bits per heavy atom. The third-order valence-electron chi connectivity index (χ3n) is 2.88. The number of carboxylic acids is 1. The molecule has 0 aliphatic heterocycles. The summed E-state index contributed by atoms with van der Waals surface area (Å²) in [5.74, 6) is -4.69. The van der Waals surface area contributed by atoms with Crippen LogP contribution in [-0.2, 0) is 0 Å². The van der Waals surface area contributed by atoms with Crippen molar-refractivity contribution in [3.63, 3.8) is 0 Å². The number of aromatic carboxylic acids is 1. The SMILES string of the molecule is COc1cc(F)c(C(=O)c2ccccc2C(=O)O)c(F)c1. The molecule has 0 fully saturated rings. The number of carboxylic acid groups (broad SMARTS) is 1. The van der Waals surface area contributed by atoms with Crippen LogP contribution in [0.1, 0.15) is 26.3 Å². The fourth-order valence-corrected chi connectivity index (χ4v) is 1.89. The summed E-state index contributed by atoms with van der Waals surface area (Å²) in [6.07, 6.45) is 0. The standard InChI is InChI=1S/C15H10F2O4/c1-21-8-6-11(16)13(12(17)7-8)14(18)9-4-2-3-5-10(9)15(19)20/h2-7H,1H3,(H,19,20). The Labute approximate surface area is 118 Å². The fraction of sp³-hybridized carbons (Fsp3) is 0.0667. The summed E-state index contributed by atoms with van der Waals surface area (Å²) < 4.78 is 32.4. The number of hydrogen-bond acceptors (Lipinski definition) is 3. The van der Waals surface area contributed by atoms with E-state index in [1.165, 1.54) is 31.4 Å². The van der Waals surface area contributed by atoms with Gasteiger partial charge in [0.15, 0.2) is 5.78 Å². The number of hydrogen-bond donors (Lipinski definition) is 1. The number of carbonyl (C=O) groups excluding carboxylic acids is 1. The zero-order valence-corrected chi connectivity index (χ0v) is 10.9. The van der Waals surface area contributed by atoms with Crippen LogP contribution >= 0.6 is 0 Å². The van der Waals surface area contributed by atoms with Crippen molar-refractivity contribution in [2.45, 2.75) is 0 Å². The van der Waals surface area contributed by atoms with Crippen molar-refractivity contribution in [1.82, 2.24) is 0 Å². The number of ketones is 1. The second-order valence-corrected chi connectivity index (χ2v) is 4.15. The van der Waals surface area contributed by atoms with Crippen LogP contribution in [0.25, 0.3) is 0 Å². The van der Waals surface area contributed by atoms with Crippen LogP contribution in [0.2, 0.25) is 0 Å². The lowest BCUT2D eigenvalue weighted by molar-refractivity contribution is 0.0692. The quantitative estimate of drug-likeness (QED) is 0.880. The molecule has 0 radical (unpaired) electrons. The van der Waals surface area contributed by atoms with E-state index in [1.807, 2.05) is 0 Å². The first-order valence-electron chi connectivity index (χ1n) is 5.85. The minimum absolute atomic E-state index is 0.0759. The van der Waals surface area contributed by atoms with Crippen molar-refractivity contribution in [2.75, 3.05) is 7.11 Å². The maximum atomic E-state index is 13.9. The van der Waals surface area contributed by atoms with Gasteiger partial charge in [-0.05, 0) is 6.07 Å². The van der Waals surface area contributed by atoms with Crippen LogP contribution in [0.5, 0.6) is 5.75 Å². The summed E-state index contributed by atoms with van der Waals surface area (Å²) in [7, 11) is 1.23. The Bertz CT molecular complexity index is 702. The van der Waals surface area contributed by atoms with Crippen molar-refractivity contribution in [2.24, 2.45) is 0 Å². The Morgan fingerprint density at radius 2 is 1.57 bits per heavy atom. The lowest BCUT2D eigenvalue weighted by atomic mass is 9.97. The van der Waals surface area contributed by atoms with Crippen LogP contribution < -0.4 is 4.74 Å². The van der Waals surface area contributed by atoms with E-state index >= 15 is 0 Å². The van der Waals surface area contributed by atoms with Crippen molar-refractivity contribution >= 4 is 11.8 Å². The predicted molar refractivity (Wildman–Crippen MR) is 69.7 cm³/mol.